The van der Waals surface area contributed by atoms with E-state index in [2.05, 4.69) is 15.3 Å². The predicted molar refractivity (Wildman–Crippen MR) is 56.0 cm³/mol. The Balaban J connectivity index is 2.57. The fourth-order valence-corrected chi connectivity index (χ4v) is 1.60. The normalized spacial score (nSPS) is 14.1. The van der Waals surface area contributed by atoms with Crippen molar-refractivity contribution in [2.24, 2.45) is 5.73 Å². The van der Waals surface area contributed by atoms with Crippen molar-refractivity contribution in [2.45, 2.75) is 23.6 Å². The Morgan fingerprint density at radius 3 is 2.88 bits per heavy atom. The number of halogens is 3. The molecule has 0 aliphatic rings. The summed E-state index contributed by atoms with van der Waals surface area (Å²) >= 11 is -0.256. The summed E-state index contributed by atoms with van der Waals surface area (Å²) in [5.74, 6) is 0. The highest BCUT2D eigenvalue weighted by atomic mass is 32.2. The van der Waals surface area contributed by atoms with Crippen LogP contribution < -0.4 is 11.1 Å². The second kappa shape index (κ2) is 5.55. The van der Waals surface area contributed by atoms with Crippen molar-refractivity contribution in [3.8, 4) is 0 Å². The van der Waals surface area contributed by atoms with Crippen LogP contribution in [0, 0.1) is 0 Å². The molecule has 1 aromatic rings. The molecule has 1 atom stereocenters. The maximum Gasteiger partial charge on any atom is 0.449 e. The zero-order valence-corrected chi connectivity index (χ0v) is 9.45. The molecule has 0 aromatic carbocycles. The Bertz CT molecular complexity index is 325. The molecule has 0 spiro atoms. The predicted octanol–water partition coefficient (Wildman–Crippen LogP) is 1.63. The summed E-state index contributed by atoms with van der Waals surface area (Å²) in [6, 6.07) is -0.0985. The molecular formula is C8H13F3N4S. The van der Waals surface area contributed by atoms with Crippen LogP contribution in [-0.2, 0) is 0 Å². The van der Waals surface area contributed by atoms with Crippen molar-refractivity contribution in [1.29, 1.82) is 0 Å². The van der Waals surface area contributed by atoms with E-state index in [4.69, 9.17) is 5.73 Å². The molecular weight excluding hydrogens is 241 g/mol. The Kier molecular flexibility index (Phi) is 4.63. The first kappa shape index (κ1) is 13.3. The number of nitrogens with one attached hydrogen (secondary N) is 2. The van der Waals surface area contributed by atoms with Crippen LogP contribution in [-0.4, -0.2) is 28.6 Å². The lowest BCUT2D eigenvalue weighted by atomic mass is 10.2. The van der Waals surface area contributed by atoms with Gasteiger partial charge in [-0.3, -0.25) is 0 Å². The zero-order chi connectivity index (χ0) is 12.2. The molecule has 0 radical (unpaired) electrons. The van der Waals surface area contributed by atoms with Gasteiger partial charge in [0.05, 0.1) is 11.9 Å². The molecule has 0 aliphatic carbocycles. The quantitative estimate of drug-likeness (QED) is 0.699. The zero-order valence-electron chi connectivity index (χ0n) is 8.64. The van der Waals surface area contributed by atoms with Crippen LogP contribution in [0.2, 0.25) is 0 Å². The molecule has 8 heteroatoms. The Hall–Kier alpha value is -0.730. The van der Waals surface area contributed by atoms with Gasteiger partial charge < -0.3 is 16.0 Å². The van der Waals surface area contributed by atoms with E-state index in [0.29, 0.717) is 18.8 Å². The molecule has 0 saturated heterocycles. The van der Waals surface area contributed by atoms with Gasteiger partial charge >= 0.3 is 5.51 Å². The number of H-pyrrole nitrogens is 1. The van der Waals surface area contributed by atoms with Crippen molar-refractivity contribution >= 4 is 11.8 Å². The van der Waals surface area contributed by atoms with Crippen molar-refractivity contribution in [3.63, 3.8) is 0 Å². The Labute approximate surface area is 95.2 Å². The van der Waals surface area contributed by atoms with E-state index >= 15 is 0 Å². The second-order valence-corrected chi connectivity index (χ2v) is 4.21. The van der Waals surface area contributed by atoms with Crippen LogP contribution in [0.5, 0.6) is 0 Å². The number of aromatic amines is 1. The highest BCUT2D eigenvalue weighted by molar-refractivity contribution is 8.00. The van der Waals surface area contributed by atoms with Gasteiger partial charge in [-0.15, -0.1) is 0 Å². The molecule has 1 rings (SSSR count). The summed E-state index contributed by atoms with van der Waals surface area (Å²) in [5.41, 5.74) is 1.60. The van der Waals surface area contributed by atoms with Crippen LogP contribution in [0.15, 0.2) is 11.4 Å². The lowest BCUT2D eigenvalue weighted by molar-refractivity contribution is -0.0330. The highest BCUT2D eigenvalue weighted by Gasteiger charge is 2.31. The van der Waals surface area contributed by atoms with Gasteiger partial charge in [0, 0.05) is 30.9 Å². The number of alkyl halides is 3. The third-order valence-electron chi connectivity index (χ3n) is 1.85. The fourth-order valence-electron chi connectivity index (χ4n) is 1.11. The van der Waals surface area contributed by atoms with Gasteiger partial charge in [-0.25, -0.2) is 4.98 Å². The topological polar surface area (TPSA) is 66.7 Å². The first-order valence-corrected chi connectivity index (χ1v) is 5.48. The van der Waals surface area contributed by atoms with E-state index in [1.165, 1.54) is 6.20 Å². The fraction of sp³-hybridized carbons (Fsp3) is 0.625. The third-order valence-corrected chi connectivity index (χ3v) is 2.48. The van der Waals surface area contributed by atoms with Gasteiger partial charge in [0.15, 0.2) is 5.16 Å². The molecule has 92 valence electrons. The number of thioether (sulfide) groups is 1. The molecule has 0 fully saturated rings. The molecule has 4 N–H and O–H groups in total. The van der Waals surface area contributed by atoms with Crippen molar-refractivity contribution in [1.82, 2.24) is 15.3 Å². The molecule has 16 heavy (non-hydrogen) atoms. The van der Waals surface area contributed by atoms with Gasteiger partial charge in [0.2, 0.25) is 0 Å². The average Bonchev–Trinajstić information content (AvgIpc) is 2.59. The SMILES string of the molecule is CC(NCCN)c1cnc(SC(F)(F)F)[nH]1. The monoisotopic (exact) mass is 254 g/mol. The molecule has 0 amide bonds. The number of aromatic nitrogens is 2. The van der Waals surface area contributed by atoms with Gasteiger partial charge in [-0.2, -0.15) is 13.2 Å². The third kappa shape index (κ3) is 4.42. The van der Waals surface area contributed by atoms with Crippen LogP contribution >= 0.6 is 11.8 Å². The minimum absolute atomic E-state index is 0.0985. The highest BCUT2D eigenvalue weighted by Crippen LogP contribution is 2.35. The summed E-state index contributed by atoms with van der Waals surface area (Å²) in [6.45, 7) is 2.90. The van der Waals surface area contributed by atoms with Crippen LogP contribution in [0.4, 0.5) is 13.2 Å². The number of imidazole rings is 1. The lowest BCUT2D eigenvalue weighted by Gasteiger charge is -2.10. The first-order chi connectivity index (χ1) is 7.42. The van der Waals surface area contributed by atoms with E-state index in [1.807, 2.05) is 6.92 Å². The van der Waals surface area contributed by atoms with Gasteiger partial charge in [-0.1, -0.05) is 0 Å². The average molecular weight is 254 g/mol. The molecule has 1 unspecified atom stereocenters. The number of hydrogen-bond donors (Lipinski definition) is 3. The van der Waals surface area contributed by atoms with Crippen LogP contribution in [0.3, 0.4) is 0 Å². The summed E-state index contributed by atoms with van der Waals surface area (Å²) in [7, 11) is 0. The Morgan fingerprint density at radius 2 is 2.31 bits per heavy atom. The number of nitrogens with two attached hydrogens (primary N) is 1. The number of rotatable bonds is 5. The van der Waals surface area contributed by atoms with Crippen LogP contribution in [0.1, 0.15) is 18.7 Å². The summed E-state index contributed by atoms with van der Waals surface area (Å²) in [5, 5.41) is 2.89. The number of hydrogen-bond acceptors (Lipinski definition) is 4. The minimum atomic E-state index is -4.32. The first-order valence-electron chi connectivity index (χ1n) is 4.66. The Morgan fingerprint density at radius 1 is 1.62 bits per heavy atom. The maximum atomic E-state index is 12.0. The van der Waals surface area contributed by atoms with Crippen molar-refractivity contribution in [3.05, 3.63) is 11.9 Å². The van der Waals surface area contributed by atoms with E-state index in [1.54, 1.807) is 0 Å². The molecule has 0 aliphatic heterocycles. The number of nitrogens with zero attached hydrogens (tertiary/aromatic N) is 1. The molecule has 1 heterocycles. The molecule has 4 nitrogen and oxygen atoms in total. The van der Waals surface area contributed by atoms with Gasteiger partial charge in [0.25, 0.3) is 0 Å². The van der Waals surface area contributed by atoms with Gasteiger partial charge in [-0.05, 0) is 6.92 Å². The van der Waals surface area contributed by atoms with E-state index in [0.717, 1.165) is 0 Å². The van der Waals surface area contributed by atoms with Crippen LogP contribution in [0.25, 0.3) is 0 Å². The largest absolute Gasteiger partial charge is 0.449 e. The maximum absolute atomic E-state index is 12.0. The molecule has 0 bridgehead atoms. The summed E-state index contributed by atoms with van der Waals surface area (Å²) in [6.07, 6.45) is 1.39. The summed E-state index contributed by atoms with van der Waals surface area (Å²) < 4.78 is 36.1. The van der Waals surface area contributed by atoms with Crippen molar-refractivity contribution in [2.75, 3.05) is 13.1 Å². The minimum Gasteiger partial charge on any atom is -0.335 e. The molecule has 0 saturated carbocycles. The lowest BCUT2D eigenvalue weighted by Crippen LogP contribution is -2.25. The van der Waals surface area contributed by atoms with E-state index in [-0.39, 0.29) is 23.0 Å². The standard InChI is InChI=1S/C8H13F3N4S/c1-5(13-3-2-12)6-4-14-7(15-6)16-8(9,10)11/h4-5,13H,2-3,12H2,1H3,(H,14,15). The van der Waals surface area contributed by atoms with E-state index < -0.39 is 5.51 Å². The second-order valence-electron chi connectivity index (χ2n) is 3.16. The smallest absolute Gasteiger partial charge is 0.335 e. The van der Waals surface area contributed by atoms with E-state index in [9.17, 15) is 13.2 Å². The summed E-state index contributed by atoms with van der Waals surface area (Å²) in [4.78, 5) is 6.25. The molecule has 1 aromatic heterocycles. The van der Waals surface area contributed by atoms with Crippen molar-refractivity contribution < 1.29 is 13.2 Å². The van der Waals surface area contributed by atoms with Gasteiger partial charge in [0.1, 0.15) is 0 Å².